The molecule has 0 N–H and O–H groups in total. The van der Waals surface area contributed by atoms with E-state index in [9.17, 15) is 4.39 Å². The first-order valence-corrected chi connectivity index (χ1v) is 5.44. The number of halogens is 1. The summed E-state index contributed by atoms with van der Waals surface area (Å²) in [4.78, 5) is 0.834. The summed E-state index contributed by atoms with van der Waals surface area (Å²) in [5.41, 5.74) is 0.615. The van der Waals surface area contributed by atoms with Gasteiger partial charge in [-0.2, -0.15) is 0 Å². The van der Waals surface area contributed by atoms with Gasteiger partial charge in [0.25, 0.3) is 0 Å². The van der Waals surface area contributed by atoms with Crippen LogP contribution in [0.25, 0.3) is 0 Å². The Morgan fingerprint density at radius 1 is 1.29 bits per heavy atom. The number of hydrogen-bond acceptors (Lipinski definition) is 2. The summed E-state index contributed by atoms with van der Waals surface area (Å²) in [6, 6.07) is 3.21. The molecule has 0 amide bonds. The minimum Gasteiger partial charge on any atom is -0.463 e. The van der Waals surface area contributed by atoms with Gasteiger partial charge in [0, 0.05) is 5.41 Å². The zero-order valence-electron chi connectivity index (χ0n) is 8.50. The van der Waals surface area contributed by atoms with E-state index in [-0.39, 0.29) is 5.82 Å². The van der Waals surface area contributed by atoms with Crippen LogP contribution in [-0.4, -0.2) is 0 Å². The van der Waals surface area contributed by atoms with Crippen LogP contribution in [0.1, 0.15) is 19.4 Å². The number of hydrogen-bond donors (Lipinski definition) is 0. The molecule has 76 valence electrons. The van der Waals surface area contributed by atoms with Gasteiger partial charge in [-0.1, -0.05) is 25.6 Å². The lowest BCUT2D eigenvalue weighted by Gasteiger charge is -2.11. The molecule has 0 atom stereocenters. The SMILES string of the molecule is CC.Cc1cc2c(cc1F)SC=CO2. The zero-order chi connectivity index (χ0) is 10.6. The highest BCUT2D eigenvalue weighted by atomic mass is 32.2. The van der Waals surface area contributed by atoms with E-state index >= 15 is 0 Å². The molecule has 1 aromatic rings. The van der Waals surface area contributed by atoms with E-state index in [1.54, 1.807) is 24.7 Å². The molecule has 0 radical (unpaired) electrons. The van der Waals surface area contributed by atoms with E-state index in [2.05, 4.69) is 0 Å². The zero-order valence-corrected chi connectivity index (χ0v) is 9.32. The topological polar surface area (TPSA) is 9.23 Å². The first-order chi connectivity index (χ1) is 6.77. The van der Waals surface area contributed by atoms with Gasteiger partial charge >= 0.3 is 0 Å². The molecule has 0 aliphatic carbocycles. The van der Waals surface area contributed by atoms with E-state index < -0.39 is 0 Å². The highest BCUT2D eigenvalue weighted by molar-refractivity contribution is 8.02. The van der Waals surface area contributed by atoms with E-state index in [4.69, 9.17) is 4.74 Å². The van der Waals surface area contributed by atoms with Crippen LogP contribution in [0.5, 0.6) is 5.75 Å². The predicted octanol–water partition coefficient (Wildman–Crippen LogP) is 4.12. The Kier molecular flexibility index (Phi) is 4.01. The smallest absolute Gasteiger partial charge is 0.140 e. The monoisotopic (exact) mass is 212 g/mol. The number of ether oxygens (including phenoxy) is 1. The van der Waals surface area contributed by atoms with Gasteiger partial charge in [0.05, 0.1) is 11.2 Å². The van der Waals surface area contributed by atoms with Gasteiger partial charge in [0.15, 0.2) is 0 Å². The summed E-state index contributed by atoms with van der Waals surface area (Å²) >= 11 is 1.47. The highest BCUT2D eigenvalue weighted by Gasteiger charge is 2.10. The second kappa shape index (κ2) is 5.05. The predicted molar refractivity (Wildman–Crippen MR) is 58.1 cm³/mol. The molecule has 0 saturated carbocycles. The third kappa shape index (κ3) is 2.29. The molecule has 2 rings (SSSR count). The average Bonchev–Trinajstić information content (AvgIpc) is 2.23. The molecule has 0 saturated heterocycles. The van der Waals surface area contributed by atoms with Gasteiger partial charge in [-0.25, -0.2) is 4.39 Å². The molecule has 1 nitrogen and oxygen atoms in total. The Bertz CT molecular complexity index is 314. The fourth-order valence-electron chi connectivity index (χ4n) is 1.02. The molecule has 0 aromatic heterocycles. The third-order valence-corrected chi connectivity index (χ3v) is 2.49. The number of benzene rings is 1. The standard InChI is InChI=1S/C9H7FOS.C2H6/c1-6-4-8-9(5-7(6)10)12-3-2-11-8;1-2/h2-5H,1H3;1-2H3. The van der Waals surface area contributed by atoms with Crippen molar-refractivity contribution in [2.24, 2.45) is 0 Å². The third-order valence-electron chi connectivity index (χ3n) is 1.67. The van der Waals surface area contributed by atoms with Crippen LogP contribution in [0.4, 0.5) is 4.39 Å². The van der Waals surface area contributed by atoms with Crippen molar-refractivity contribution in [3.05, 3.63) is 35.2 Å². The minimum atomic E-state index is -0.180. The molecule has 0 bridgehead atoms. The Balaban J connectivity index is 0.000000461. The maximum atomic E-state index is 13.0. The molecule has 3 heteroatoms. The van der Waals surface area contributed by atoms with Crippen LogP contribution in [0.3, 0.4) is 0 Å². The summed E-state index contributed by atoms with van der Waals surface area (Å²) in [5, 5.41) is 1.79. The molecule has 1 aromatic carbocycles. The summed E-state index contributed by atoms with van der Waals surface area (Å²) < 4.78 is 18.2. The normalized spacial score (nSPS) is 12.3. The van der Waals surface area contributed by atoms with E-state index in [0.717, 1.165) is 10.6 Å². The molecule has 0 unspecified atom stereocenters. The number of thioether (sulfide) groups is 1. The summed E-state index contributed by atoms with van der Waals surface area (Å²) in [6.07, 6.45) is 1.60. The van der Waals surface area contributed by atoms with Crippen LogP contribution in [-0.2, 0) is 0 Å². The molecule has 0 fully saturated rings. The van der Waals surface area contributed by atoms with Crippen LogP contribution < -0.4 is 4.74 Å². The molecule has 0 spiro atoms. The average molecular weight is 212 g/mol. The van der Waals surface area contributed by atoms with Crippen LogP contribution in [0.15, 0.2) is 28.7 Å². The van der Waals surface area contributed by atoms with Crippen molar-refractivity contribution in [3.63, 3.8) is 0 Å². The minimum absolute atomic E-state index is 0.180. The largest absolute Gasteiger partial charge is 0.463 e. The van der Waals surface area contributed by atoms with Gasteiger partial charge in [-0.3, -0.25) is 0 Å². The lowest BCUT2D eigenvalue weighted by Crippen LogP contribution is -1.92. The number of fused-ring (bicyclic) bond motifs is 1. The van der Waals surface area contributed by atoms with Gasteiger partial charge in [-0.05, 0) is 24.6 Å². The summed E-state index contributed by atoms with van der Waals surface area (Å²) in [7, 11) is 0. The van der Waals surface area contributed by atoms with Crippen molar-refractivity contribution in [1.29, 1.82) is 0 Å². The lowest BCUT2D eigenvalue weighted by molar-refractivity contribution is 0.464. The molecular weight excluding hydrogens is 199 g/mol. The van der Waals surface area contributed by atoms with E-state index in [0.29, 0.717) is 5.56 Å². The maximum absolute atomic E-state index is 13.0. The first kappa shape index (κ1) is 11.1. The molecule has 1 heterocycles. The Morgan fingerprint density at radius 2 is 2.00 bits per heavy atom. The Morgan fingerprint density at radius 3 is 2.71 bits per heavy atom. The Hall–Kier alpha value is -0.960. The van der Waals surface area contributed by atoms with Crippen molar-refractivity contribution < 1.29 is 9.13 Å². The highest BCUT2D eigenvalue weighted by Crippen LogP contribution is 2.35. The molecule has 1 aliphatic heterocycles. The summed E-state index contributed by atoms with van der Waals surface area (Å²) in [5.74, 6) is 0.557. The van der Waals surface area contributed by atoms with Crippen LogP contribution >= 0.6 is 11.8 Å². The van der Waals surface area contributed by atoms with Crippen molar-refractivity contribution in [2.45, 2.75) is 25.7 Å². The van der Waals surface area contributed by atoms with Crippen LogP contribution in [0.2, 0.25) is 0 Å². The quantitative estimate of drug-likeness (QED) is 0.640. The van der Waals surface area contributed by atoms with Gasteiger partial charge in [0.1, 0.15) is 11.6 Å². The van der Waals surface area contributed by atoms with Crippen molar-refractivity contribution in [1.82, 2.24) is 0 Å². The van der Waals surface area contributed by atoms with E-state index in [1.807, 2.05) is 13.8 Å². The van der Waals surface area contributed by atoms with Crippen LogP contribution in [0, 0.1) is 12.7 Å². The van der Waals surface area contributed by atoms with Gasteiger partial charge in [-0.15, -0.1) is 0 Å². The number of rotatable bonds is 0. The number of aryl methyl sites for hydroxylation is 1. The second-order valence-electron chi connectivity index (χ2n) is 2.56. The van der Waals surface area contributed by atoms with Gasteiger partial charge < -0.3 is 4.74 Å². The maximum Gasteiger partial charge on any atom is 0.140 e. The molecule has 14 heavy (non-hydrogen) atoms. The van der Waals surface area contributed by atoms with Crippen molar-refractivity contribution >= 4 is 11.8 Å². The Labute approximate surface area is 88.0 Å². The molecular formula is C11H13FOS. The molecule has 1 aliphatic rings. The lowest BCUT2D eigenvalue weighted by atomic mass is 10.2. The van der Waals surface area contributed by atoms with Crippen molar-refractivity contribution in [2.75, 3.05) is 0 Å². The fourth-order valence-corrected chi connectivity index (χ4v) is 1.68. The van der Waals surface area contributed by atoms with Crippen molar-refractivity contribution in [3.8, 4) is 5.75 Å². The fraction of sp³-hybridized carbons (Fsp3) is 0.273. The van der Waals surface area contributed by atoms with Gasteiger partial charge in [0.2, 0.25) is 0 Å². The second-order valence-corrected chi connectivity index (χ2v) is 3.50. The summed E-state index contributed by atoms with van der Waals surface area (Å²) in [6.45, 7) is 5.72. The van der Waals surface area contributed by atoms with E-state index in [1.165, 1.54) is 17.8 Å². The first-order valence-electron chi connectivity index (χ1n) is 4.56.